The van der Waals surface area contributed by atoms with E-state index in [0.29, 0.717) is 170 Å². The first-order valence-electron chi connectivity index (χ1n) is 32.6. The maximum absolute atomic E-state index is 13.5. The Kier molecular flexibility index (Phi) is 49.5. The van der Waals surface area contributed by atoms with Crippen LogP contribution < -0.4 is 21.3 Å². The van der Waals surface area contributed by atoms with Gasteiger partial charge in [0.2, 0.25) is 23.6 Å². The first-order valence-corrected chi connectivity index (χ1v) is 32.6. The van der Waals surface area contributed by atoms with Crippen LogP contribution in [0.15, 0.2) is 0 Å². The van der Waals surface area contributed by atoms with Crippen molar-refractivity contribution >= 4 is 71.4 Å². The molecule has 0 spiro atoms. The Balaban J connectivity index is 3.46. The zero-order chi connectivity index (χ0) is 69.7. The molecule has 32 nitrogen and oxygen atoms in total. The quantitative estimate of drug-likeness (QED) is 0.0368. The van der Waals surface area contributed by atoms with E-state index in [0.717, 1.165) is 0 Å². The van der Waals surface area contributed by atoms with Gasteiger partial charge in [-0.2, -0.15) is 0 Å². The molecule has 1 heterocycles. The number of ether oxygens (including phenoxy) is 8. The third kappa shape index (κ3) is 45.6. The van der Waals surface area contributed by atoms with E-state index in [-0.39, 0.29) is 127 Å². The number of hydrogen-bond acceptors (Lipinski definition) is 28. The molecule has 94 heavy (non-hydrogen) atoms. The molecule has 1 aliphatic heterocycles. The molecule has 0 bridgehead atoms. The van der Waals surface area contributed by atoms with Crippen LogP contribution >= 0.6 is 0 Å². The molecular weight excluding hydrogens is 1230 g/mol. The van der Waals surface area contributed by atoms with Crippen molar-refractivity contribution in [1.82, 2.24) is 60.5 Å². The van der Waals surface area contributed by atoms with Crippen molar-refractivity contribution in [2.75, 3.05) is 240 Å². The van der Waals surface area contributed by atoms with Crippen LogP contribution in [0, 0.1) is 0 Å². The summed E-state index contributed by atoms with van der Waals surface area (Å²) in [5.41, 5.74) is 0. The lowest BCUT2D eigenvalue weighted by molar-refractivity contribution is -0.142. The van der Waals surface area contributed by atoms with E-state index in [1.54, 1.807) is 0 Å². The molecular formula is C62H112N12O20. The molecule has 1 rings (SSSR count). The highest BCUT2D eigenvalue weighted by Gasteiger charge is 2.21. The molecule has 32 heteroatoms. The maximum atomic E-state index is 13.5. The minimum Gasteiger partial charge on any atom is -0.469 e. The number of nitrogens with one attached hydrogen (secondary N) is 4. The molecule has 0 saturated carbocycles. The maximum Gasteiger partial charge on any atom is 0.306 e. The SMILES string of the molecule is COC(=O)CCN(CCNC(=O)CCN1CCCN(CCC(=O)NCCN(CCC(=O)OC)CCC(=O)OC)CCN(CCC(=O)NCCN(CCC(=O)OC)CCC(=O)OC)CCCN(CCC(=O)NCCN(CCC(=O)OC)CCC(=O)OC)CC1)CCC(=O)OC. The van der Waals surface area contributed by atoms with E-state index in [9.17, 15) is 57.5 Å². The van der Waals surface area contributed by atoms with Crippen molar-refractivity contribution in [3.8, 4) is 0 Å². The van der Waals surface area contributed by atoms with Gasteiger partial charge in [0.25, 0.3) is 0 Å². The topological polar surface area (TPSA) is 353 Å². The second-order valence-corrected chi connectivity index (χ2v) is 22.4. The molecule has 0 aliphatic carbocycles. The zero-order valence-electron chi connectivity index (χ0n) is 57.4. The van der Waals surface area contributed by atoms with Gasteiger partial charge in [-0.15, -0.1) is 0 Å². The van der Waals surface area contributed by atoms with Gasteiger partial charge in [-0.1, -0.05) is 0 Å². The van der Waals surface area contributed by atoms with Crippen molar-refractivity contribution in [2.45, 2.75) is 89.9 Å². The molecule has 4 amide bonds. The van der Waals surface area contributed by atoms with Gasteiger partial charge in [0.1, 0.15) is 0 Å². The fraction of sp³-hybridized carbons (Fsp3) is 0.806. The molecule has 1 saturated heterocycles. The molecule has 0 aromatic heterocycles. The molecule has 1 aliphatic rings. The van der Waals surface area contributed by atoms with Gasteiger partial charge in [-0.3, -0.25) is 57.5 Å². The van der Waals surface area contributed by atoms with E-state index >= 15 is 0 Å². The van der Waals surface area contributed by atoms with Crippen molar-refractivity contribution in [3.05, 3.63) is 0 Å². The van der Waals surface area contributed by atoms with Gasteiger partial charge in [-0.25, -0.2) is 0 Å². The lowest BCUT2D eigenvalue weighted by Crippen LogP contribution is -2.44. The van der Waals surface area contributed by atoms with Crippen LogP contribution in [0.2, 0.25) is 0 Å². The number of esters is 8. The fourth-order valence-corrected chi connectivity index (χ4v) is 9.90. The van der Waals surface area contributed by atoms with Gasteiger partial charge in [0, 0.05) is 183 Å². The van der Waals surface area contributed by atoms with E-state index in [1.807, 2.05) is 19.6 Å². The van der Waals surface area contributed by atoms with E-state index in [1.165, 1.54) is 56.9 Å². The molecule has 0 radical (unpaired) electrons. The normalized spacial score (nSPS) is 13.9. The van der Waals surface area contributed by atoms with Crippen LogP contribution in [-0.4, -0.2) is 351 Å². The molecule has 540 valence electrons. The Morgan fingerprint density at radius 1 is 0.245 bits per heavy atom. The minimum absolute atomic E-state index is 0.106. The second kappa shape index (κ2) is 54.6. The average Bonchev–Trinajstić information content (AvgIpc) is 2.81. The highest BCUT2D eigenvalue weighted by atomic mass is 16.5. The average molecular weight is 1350 g/mol. The summed E-state index contributed by atoms with van der Waals surface area (Å²) in [6.45, 7) is 11.3. The summed E-state index contributed by atoms with van der Waals surface area (Å²) in [5, 5.41) is 11.9. The first-order chi connectivity index (χ1) is 45.2. The van der Waals surface area contributed by atoms with Crippen LogP contribution in [0.3, 0.4) is 0 Å². The number of amides is 4. The van der Waals surface area contributed by atoms with Crippen LogP contribution in [0.1, 0.15) is 89.9 Å². The largest absolute Gasteiger partial charge is 0.469 e. The lowest BCUT2D eigenvalue weighted by Gasteiger charge is -2.32. The Morgan fingerprint density at radius 3 is 0.553 bits per heavy atom. The van der Waals surface area contributed by atoms with Gasteiger partial charge in [0.05, 0.1) is 108 Å². The first kappa shape index (κ1) is 85.3. The van der Waals surface area contributed by atoms with E-state index < -0.39 is 47.8 Å². The van der Waals surface area contributed by atoms with Crippen molar-refractivity contribution < 1.29 is 95.4 Å². The van der Waals surface area contributed by atoms with Crippen molar-refractivity contribution in [1.29, 1.82) is 0 Å². The van der Waals surface area contributed by atoms with Crippen LogP contribution in [0.4, 0.5) is 0 Å². The number of carbonyl (C=O) groups excluding carboxylic acids is 12. The predicted octanol–water partition coefficient (Wildman–Crippen LogP) is -2.27. The monoisotopic (exact) mass is 1340 g/mol. The van der Waals surface area contributed by atoms with Gasteiger partial charge < -0.3 is 98.4 Å². The number of nitrogens with zero attached hydrogens (tertiary/aromatic N) is 8. The number of carbonyl (C=O) groups is 12. The summed E-state index contributed by atoms with van der Waals surface area (Å²) in [6, 6.07) is 0. The fourth-order valence-electron chi connectivity index (χ4n) is 9.90. The molecule has 0 aromatic carbocycles. The molecule has 0 aromatic rings. The summed E-state index contributed by atoms with van der Waals surface area (Å²) in [4.78, 5) is 166. The number of methoxy groups -OCH3 is 8. The van der Waals surface area contributed by atoms with E-state index in [4.69, 9.17) is 37.9 Å². The smallest absolute Gasteiger partial charge is 0.306 e. The Hall–Kier alpha value is -6.68. The summed E-state index contributed by atoms with van der Waals surface area (Å²) < 4.78 is 38.4. The summed E-state index contributed by atoms with van der Waals surface area (Å²) in [5.74, 6) is -3.94. The van der Waals surface area contributed by atoms with Gasteiger partial charge in [-0.05, 0) is 39.0 Å². The van der Waals surface area contributed by atoms with Crippen LogP contribution in [0.25, 0.3) is 0 Å². The Bertz CT molecular complexity index is 1860. The second-order valence-electron chi connectivity index (χ2n) is 22.4. The zero-order valence-corrected chi connectivity index (χ0v) is 57.4. The molecule has 4 N–H and O–H groups in total. The van der Waals surface area contributed by atoms with Crippen LogP contribution in [0.5, 0.6) is 0 Å². The third-order valence-electron chi connectivity index (χ3n) is 15.9. The van der Waals surface area contributed by atoms with Crippen molar-refractivity contribution in [2.24, 2.45) is 0 Å². The van der Waals surface area contributed by atoms with Gasteiger partial charge in [0.15, 0.2) is 0 Å². The highest BCUT2D eigenvalue weighted by Crippen LogP contribution is 2.08. The van der Waals surface area contributed by atoms with Crippen LogP contribution in [-0.2, 0) is 95.4 Å². The summed E-state index contributed by atoms with van der Waals surface area (Å²) >= 11 is 0. The summed E-state index contributed by atoms with van der Waals surface area (Å²) in [6.07, 6.45) is 2.84. The van der Waals surface area contributed by atoms with Crippen molar-refractivity contribution in [3.63, 3.8) is 0 Å². The minimum atomic E-state index is -0.399. The lowest BCUT2D eigenvalue weighted by atomic mass is 10.2. The number of rotatable bonds is 48. The van der Waals surface area contributed by atoms with E-state index in [2.05, 4.69) is 40.9 Å². The standard InChI is InChI=1S/C62H112N12O20/c1-87-55(79)15-35-71(36-16-56(80)88-2)43-23-63-51(75)11-31-67-27-9-28-69(33-13-53(77)65-25-45-73(39-19-59(83)91-5)40-20-60(84)92-6)49-50-70(34-14-54(78)66-26-46-74(41-21-61(85)93-7)42-22-62(86)94-8)30-10-29-68(48-47-67)32-12-52(76)64-24-44-72(37-17-57(81)89-3)38-18-58(82)90-4/h9-50H2,1-8H3,(H,63,75)(H,64,76)(H,65,77)(H,66,78). The molecule has 0 unspecified atom stereocenters. The van der Waals surface area contributed by atoms with Gasteiger partial charge >= 0.3 is 47.8 Å². The third-order valence-corrected chi connectivity index (χ3v) is 15.9. The summed E-state index contributed by atoms with van der Waals surface area (Å²) in [7, 11) is 10.4. The Labute approximate surface area is 555 Å². The Morgan fingerprint density at radius 2 is 0.404 bits per heavy atom. The number of hydrogen-bond donors (Lipinski definition) is 4. The predicted molar refractivity (Wildman–Crippen MR) is 344 cm³/mol. The molecule has 1 fully saturated rings. The highest BCUT2D eigenvalue weighted by molar-refractivity contribution is 5.78. The molecule has 0 atom stereocenters.